The van der Waals surface area contributed by atoms with E-state index in [2.05, 4.69) is 5.32 Å². The molecular weight excluding hydrogens is 344 g/mol. The second kappa shape index (κ2) is 9.42. The van der Waals surface area contributed by atoms with Gasteiger partial charge in [0.2, 0.25) is 5.91 Å². The van der Waals surface area contributed by atoms with Crippen molar-refractivity contribution in [2.45, 2.75) is 45.3 Å². The molecule has 1 aliphatic heterocycles. The lowest BCUT2D eigenvalue weighted by Crippen LogP contribution is -2.40. The van der Waals surface area contributed by atoms with Crippen molar-refractivity contribution in [2.75, 3.05) is 13.1 Å². The van der Waals surface area contributed by atoms with Crippen LogP contribution in [0.4, 0.5) is 0 Å². The van der Waals surface area contributed by atoms with Gasteiger partial charge in [-0.3, -0.25) is 14.4 Å². The molecule has 1 heterocycles. The van der Waals surface area contributed by atoms with E-state index in [0.29, 0.717) is 18.0 Å². The van der Waals surface area contributed by atoms with Gasteiger partial charge in [0.15, 0.2) is 6.10 Å². The van der Waals surface area contributed by atoms with Crippen LogP contribution in [0, 0.1) is 0 Å². The Balaban J connectivity index is 1.78. The van der Waals surface area contributed by atoms with Crippen LogP contribution in [0.15, 0.2) is 24.3 Å². The van der Waals surface area contributed by atoms with E-state index in [1.807, 2.05) is 18.2 Å². The van der Waals surface area contributed by atoms with Gasteiger partial charge in [-0.25, -0.2) is 0 Å². The molecule has 1 fully saturated rings. The quantitative estimate of drug-likeness (QED) is 0.784. The number of carbonyl (C=O) groups excluding carboxylic acids is 3. The van der Waals surface area contributed by atoms with Crippen LogP contribution in [0.5, 0.6) is 0 Å². The summed E-state index contributed by atoms with van der Waals surface area (Å²) in [6.45, 7) is 2.21. The first-order valence-corrected chi connectivity index (χ1v) is 8.83. The van der Waals surface area contributed by atoms with Gasteiger partial charge in [0.05, 0.1) is 0 Å². The summed E-state index contributed by atoms with van der Waals surface area (Å²) in [5.74, 6) is -1.02. The predicted octanol–water partition coefficient (Wildman–Crippen LogP) is 2.29. The Morgan fingerprint density at radius 1 is 1.28 bits per heavy atom. The summed E-state index contributed by atoms with van der Waals surface area (Å²) in [5, 5.41) is 3.25. The number of benzene rings is 1. The first kappa shape index (κ1) is 19.2. The summed E-state index contributed by atoms with van der Waals surface area (Å²) in [7, 11) is 0. The molecule has 1 unspecified atom stereocenters. The van der Waals surface area contributed by atoms with Crippen LogP contribution in [0.3, 0.4) is 0 Å². The molecule has 25 heavy (non-hydrogen) atoms. The molecule has 0 aliphatic carbocycles. The molecular formula is C18H23ClN2O4. The van der Waals surface area contributed by atoms with Crippen molar-refractivity contribution in [1.82, 2.24) is 10.2 Å². The lowest BCUT2D eigenvalue weighted by Gasteiger charge is -2.20. The number of amides is 2. The highest BCUT2D eigenvalue weighted by atomic mass is 35.5. The zero-order chi connectivity index (χ0) is 18.2. The van der Waals surface area contributed by atoms with E-state index in [4.69, 9.17) is 16.3 Å². The standard InChI is InChI=1S/C18H23ClN2O4/c1-13(18(24)20-11-14-7-4-5-8-15(14)19)25-17(23)12-21-10-6-2-3-9-16(21)22/h4-5,7-8,13H,2-3,6,9-12H2,1H3,(H,20,24). The van der Waals surface area contributed by atoms with Gasteiger partial charge in [-0.1, -0.05) is 36.2 Å². The van der Waals surface area contributed by atoms with Crippen molar-refractivity contribution in [3.8, 4) is 0 Å². The maximum Gasteiger partial charge on any atom is 0.326 e. The second-order valence-corrected chi connectivity index (χ2v) is 6.47. The molecule has 2 rings (SSSR count). The third-order valence-electron chi connectivity index (χ3n) is 4.08. The Hall–Kier alpha value is -2.08. The van der Waals surface area contributed by atoms with Crippen molar-refractivity contribution in [2.24, 2.45) is 0 Å². The molecule has 0 radical (unpaired) electrons. The third kappa shape index (κ3) is 6.05. The summed E-state index contributed by atoms with van der Waals surface area (Å²) in [5.41, 5.74) is 0.784. The zero-order valence-electron chi connectivity index (χ0n) is 14.3. The molecule has 0 aromatic heterocycles. The molecule has 1 atom stereocenters. The van der Waals surface area contributed by atoms with Crippen molar-refractivity contribution >= 4 is 29.4 Å². The van der Waals surface area contributed by atoms with Crippen molar-refractivity contribution in [3.63, 3.8) is 0 Å². The molecule has 0 bridgehead atoms. The summed E-state index contributed by atoms with van der Waals surface area (Å²) in [4.78, 5) is 37.4. The van der Waals surface area contributed by atoms with Gasteiger partial charge >= 0.3 is 5.97 Å². The minimum atomic E-state index is -0.933. The van der Waals surface area contributed by atoms with Crippen LogP contribution in [-0.4, -0.2) is 41.9 Å². The second-order valence-electron chi connectivity index (χ2n) is 6.07. The third-order valence-corrected chi connectivity index (χ3v) is 4.45. The topological polar surface area (TPSA) is 75.7 Å². The smallest absolute Gasteiger partial charge is 0.326 e. The van der Waals surface area contributed by atoms with Gasteiger partial charge < -0.3 is 15.0 Å². The number of nitrogens with zero attached hydrogens (tertiary/aromatic N) is 1. The maximum absolute atomic E-state index is 12.1. The van der Waals surface area contributed by atoms with Gasteiger partial charge in [0.1, 0.15) is 6.54 Å². The average molecular weight is 367 g/mol. The van der Waals surface area contributed by atoms with Crippen LogP contribution >= 0.6 is 11.6 Å². The van der Waals surface area contributed by atoms with E-state index in [1.165, 1.54) is 11.8 Å². The van der Waals surface area contributed by atoms with E-state index in [9.17, 15) is 14.4 Å². The van der Waals surface area contributed by atoms with Crippen LogP contribution < -0.4 is 5.32 Å². The van der Waals surface area contributed by atoms with E-state index >= 15 is 0 Å². The van der Waals surface area contributed by atoms with Gasteiger partial charge in [0, 0.05) is 24.5 Å². The highest BCUT2D eigenvalue weighted by molar-refractivity contribution is 6.31. The van der Waals surface area contributed by atoms with Gasteiger partial charge in [-0.05, 0) is 31.4 Å². The number of carbonyl (C=O) groups is 3. The van der Waals surface area contributed by atoms with Gasteiger partial charge in [-0.2, -0.15) is 0 Å². The summed E-state index contributed by atoms with van der Waals surface area (Å²) in [6.07, 6.45) is 2.24. The summed E-state index contributed by atoms with van der Waals surface area (Å²) < 4.78 is 5.14. The van der Waals surface area contributed by atoms with E-state index < -0.39 is 18.0 Å². The fourth-order valence-electron chi connectivity index (χ4n) is 2.62. The minimum absolute atomic E-state index is 0.0368. The molecule has 1 N–H and O–H groups in total. The Morgan fingerprint density at radius 2 is 2.04 bits per heavy atom. The number of nitrogens with one attached hydrogen (secondary N) is 1. The van der Waals surface area contributed by atoms with Crippen LogP contribution in [-0.2, 0) is 25.7 Å². The minimum Gasteiger partial charge on any atom is -0.451 e. The normalized spacial score (nSPS) is 16.1. The number of esters is 1. The Morgan fingerprint density at radius 3 is 2.80 bits per heavy atom. The SMILES string of the molecule is CC(OC(=O)CN1CCCCCC1=O)C(=O)NCc1ccccc1Cl. The first-order valence-electron chi connectivity index (χ1n) is 8.45. The summed E-state index contributed by atoms with van der Waals surface area (Å²) >= 11 is 6.03. The van der Waals surface area contributed by atoms with Crippen LogP contribution in [0.2, 0.25) is 5.02 Å². The lowest BCUT2D eigenvalue weighted by atomic mass is 10.2. The molecule has 0 saturated carbocycles. The highest BCUT2D eigenvalue weighted by Gasteiger charge is 2.23. The first-order chi connectivity index (χ1) is 12.0. The average Bonchev–Trinajstić information content (AvgIpc) is 2.78. The number of rotatable bonds is 6. The van der Waals surface area contributed by atoms with Crippen LogP contribution in [0.25, 0.3) is 0 Å². The Bertz CT molecular complexity index is 635. The van der Waals surface area contributed by atoms with E-state index in [0.717, 1.165) is 24.8 Å². The number of ether oxygens (including phenoxy) is 1. The van der Waals surface area contributed by atoms with Crippen molar-refractivity contribution in [3.05, 3.63) is 34.9 Å². The van der Waals surface area contributed by atoms with Gasteiger partial charge in [-0.15, -0.1) is 0 Å². The van der Waals surface area contributed by atoms with Crippen molar-refractivity contribution in [1.29, 1.82) is 0 Å². The molecule has 7 heteroatoms. The number of halogens is 1. The Labute approximate surface area is 152 Å². The predicted molar refractivity (Wildman–Crippen MR) is 93.9 cm³/mol. The molecule has 1 aliphatic rings. The fourth-order valence-corrected chi connectivity index (χ4v) is 2.82. The molecule has 6 nitrogen and oxygen atoms in total. The lowest BCUT2D eigenvalue weighted by molar-refractivity contribution is -0.157. The largest absolute Gasteiger partial charge is 0.451 e. The molecule has 1 aromatic carbocycles. The number of hydrogen-bond acceptors (Lipinski definition) is 4. The molecule has 1 saturated heterocycles. The monoisotopic (exact) mass is 366 g/mol. The number of hydrogen-bond donors (Lipinski definition) is 1. The van der Waals surface area contributed by atoms with E-state index in [1.54, 1.807) is 6.07 Å². The number of likely N-dealkylation sites (tertiary alicyclic amines) is 1. The molecule has 0 spiro atoms. The van der Waals surface area contributed by atoms with Crippen LogP contribution in [0.1, 0.15) is 38.2 Å². The van der Waals surface area contributed by atoms with E-state index in [-0.39, 0.29) is 19.0 Å². The fraction of sp³-hybridized carbons (Fsp3) is 0.500. The summed E-state index contributed by atoms with van der Waals surface area (Å²) in [6, 6.07) is 7.19. The molecule has 2 amide bonds. The molecule has 136 valence electrons. The Kier molecular flexibility index (Phi) is 7.25. The highest BCUT2D eigenvalue weighted by Crippen LogP contribution is 2.14. The van der Waals surface area contributed by atoms with Crippen molar-refractivity contribution < 1.29 is 19.1 Å². The van der Waals surface area contributed by atoms with Gasteiger partial charge in [0.25, 0.3) is 5.91 Å². The maximum atomic E-state index is 12.1. The molecule has 1 aromatic rings. The zero-order valence-corrected chi connectivity index (χ0v) is 15.1.